The van der Waals surface area contributed by atoms with Crippen LogP contribution in [0, 0.1) is 23.2 Å². The van der Waals surface area contributed by atoms with Crippen molar-refractivity contribution in [1.82, 2.24) is 20.4 Å². The quantitative estimate of drug-likeness (QED) is 0.722. The summed E-state index contributed by atoms with van der Waals surface area (Å²) < 4.78 is 0.623. The van der Waals surface area contributed by atoms with E-state index in [0.29, 0.717) is 11.0 Å². The van der Waals surface area contributed by atoms with Crippen LogP contribution < -0.4 is 5.32 Å². The maximum atomic E-state index is 12.1. The monoisotopic (exact) mass is 383 g/mol. The molecule has 1 aromatic heterocycles. The van der Waals surface area contributed by atoms with Gasteiger partial charge in [0.25, 0.3) is 0 Å². The highest BCUT2D eigenvalue weighted by Gasteiger charge is 2.64. The first-order chi connectivity index (χ1) is 11.5. The zero-order valence-corrected chi connectivity index (χ0v) is 14.7. The number of carbonyl (C=O) groups is 1. The van der Waals surface area contributed by atoms with Gasteiger partial charge in [0.05, 0.1) is 23.7 Å². The Morgan fingerprint density at radius 2 is 2.33 bits per heavy atom. The molecule has 2 fully saturated rings. The summed E-state index contributed by atoms with van der Waals surface area (Å²) in [5, 5.41) is 19.1. The van der Waals surface area contributed by atoms with Crippen LogP contribution >= 0.6 is 15.9 Å². The summed E-state index contributed by atoms with van der Waals surface area (Å²) in [6, 6.07) is 0. The third kappa shape index (κ3) is 1.96. The summed E-state index contributed by atoms with van der Waals surface area (Å²) in [4.78, 5) is 13.4. The van der Waals surface area contributed by atoms with Crippen molar-refractivity contribution >= 4 is 33.4 Å². The van der Waals surface area contributed by atoms with E-state index < -0.39 is 5.54 Å². The number of hydrogen-bond acceptors (Lipinski definition) is 4. The second kappa shape index (κ2) is 5.02. The number of nitrogens with zero attached hydrogens (tertiary/aromatic N) is 3. The summed E-state index contributed by atoms with van der Waals surface area (Å²) in [7, 11) is 1.62. The molecule has 2 N–H and O–H groups in total. The molecule has 2 heterocycles. The molecule has 4 rings (SSSR count). The van der Waals surface area contributed by atoms with Gasteiger partial charge in [-0.05, 0) is 34.0 Å². The predicted octanol–water partition coefficient (Wildman–Crippen LogP) is 1.69. The van der Waals surface area contributed by atoms with Crippen LogP contribution in [-0.2, 0) is 4.79 Å². The normalized spacial score (nSPS) is 27.1. The molecule has 0 radical (unpaired) electrons. The highest BCUT2D eigenvalue weighted by Crippen LogP contribution is 2.59. The van der Waals surface area contributed by atoms with Gasteiger partial charge in [0, 0.05) is 18.5 Å². The number of nitrogens with one attached hydrogen (secondary N) is 2. The summed E-state index contributed by atoms with van der Waals surface area (Å²) in [6.45, 7) is 1.78. The maximum absolute atomic E-state index is 12.1. The van der Waals surface area contributed by atoms with Crippen LogP contribution in [0.15, 0.2) is 28.5 Å². The van der Waals surface area contributed by atoms with Crippen LogP contribution in [0.1, 0.15) is 24.5 Å². The number of allylic oxidation sites excluding steroid dienone is 2. The minimum Gasteiger partial charge on any atom is -0.345 e. The molecule has 1 aliphatic heterocycles. The average Bonchev–Trinajstić information content (AvgIpc) is 2.92. The number of guanidine groups is 1. The van der Waals surface area contributed by atoms with Crippen LogP contribution in [0.3, 0.4) is 0 Å². The fourth-order valence-corrected chi connectivity index (χ4v) is 3.85. The smallest absolute Gasteiger partial charge is 0.231 e. The molecule has 1 saturated heterocycles. The van der Waals surface area contributed by atoms with Gasteiger partial charge in [0.15, 0.2) is 5.96 Å². The Kier molecular flexibility index (Phi) is 3.15. The molecule has 120 valence electrons. The van der Waals surface area contributed by atoms with Crippen LogP contribution in [0.25, 0.3) is 5.57 Å². The molecule has 2 aliphatic carbocycles. The Hall–Kier alpha value is -2.46. The van der Waals surface area contributed by atoms with Gasteiger partial charge in [-0.25, -0.2) is 0 Å². The first-order valence-electron chi connectivity index (χ1n) is 7.49. The Bertz CT molecular complexity index is 903. The van der Waals surface area contributed by atoms with Crippen molar-refractivity contribution in [1.29, 1.82) is 5.41 Å². The van der Waals surface area contributed by atoms with Gasteiger partial charge in [-0.3, -0.25) is 15.1 Å². The first-order valence-corrected chi connectivity index (χ1v) is 8.28. The molecular formula is C17H14BrN5O. The number of aromatic nitrogens is 2. The van der Waals surface area contributed by atoms with Gasteiger partial charge in [-0.2, -0.15) is 5.10 Å². The van der Waals surface area contributed by atoms with Crippen molar-refractivity contribution in [3.05, 3.63) is 39.7 Å². The molecule has 1 unspecified atom stereocenters. The van der Waals surface area contributed by atoms with Crippen molar-refractivity contribution in [3.8, 4) is 11.8 Å². The van der Waals surface area contributed by atoms with Gasteiger partial charge in [-0.1, -0.05) is 18.1 Å². The summed E-state index contributed by atoms with van der Waals surface area (Å²) in [5.41, 5.74) is 3.51. The van der Waals surface area contributed by atoms with Gasteiger partial charge in [0.1, 0.15) is 4.60 Å². The van der Waals surface area contributed by atoms with Crippen LogP contribution in [0.5, 0.6) is 0 Å². The fourth-order valence-electron chi connectivity index (χ4n) is 3.45. The largest absolute Gasteiger partial charge is 0.345 e. The van der Waals surface area contributed by atoms with E-state index in [1.165, 1.54) is 4.90 Å². The molecular weight excluding hydrogens is 370 g/mol. The second-order valence-corrected chi connectivity index (χ2v) is 6.82. The van der Waals surface area contributed by atoms with Crippen LogP contribution in [0.2, 0.25) is 0 Å². The van der Waals surface area contributed by atoms with E-state index in [0.717, 1.165) is 22.3 Å². The third-order valence-electron chi connectivity index (χ3n) is 4.81. The molecule has 1 saturated carbocycles. The van der Waals surface area contributed by atoms with E-state index in [4.69, 9.17) is 5.41 Å². The molecule has 0 aromatic carbocycles. The van der Waals surface area contributed by atoms with Crippen molar-refractivity contribution in [2.45, 2.75) is 18.9 Å². The van der Waals surface area contributed by atoms with Crippen molar-refractivity contribution < 1.29 is 4.79 Å². The molecule has 2 atom stereocenters. The molecule has 7 heteroatoms. The van der Waals surface area contributed by atoms with Crippen molar-refractivity contribution in [2.24, 2.45) is 5.92 Å². The number of rotatable bonds is 1. The van der Waals surface area contributed by atoms with Gasteiger partial charge in [0.2, 0.25) is 5.91 Å². The lowest BCUT2D eigenvalue weighted by molar-refractivity contribution is -0.128. The lowest BCUT2D eigenvalue weighted by atomic mass is 9.97. The molecule has 1 aromatic rings. The summed E-state index contributed by atoms with van der Waals surface area (Å²) in [6.07, 6.45) is 6.29. The fraction of sp³-hybridized carbons (Fsp3) is 0.294. The predicted molar refractivity (Wildman–Crippen MR) is 92.8 cm³/mol. The summed E-state index contributed by atoms with van der Waals surface area (Å²) in [5.74, 6) is 6.22. The molecule has 24 heavy (non-hydrogen) atoms. The zero-order valence-electron chi connectivity index (χ0n) is 13.1. The molecule has 1 spiro atoms. The Labute approximate surface area is 147 Å². The SMILES string of the molecule is CC#Cc1c(C2=CC3C(=C2)[C@@]32CC(=O)N(C)C(=N)N2)cnnc1Br. The summed E-state index contributed by atoms with van der Waals surface area (Å²) >= 11 is 3.40. The minimum absolute atomic E-state index is 0.0325. The molecule has 1 amide bonds. The van der Waals surface area contributed by atoms with Gasteiger partial charge in [-0.15, -0.1) is 11.0 Å². The molecule has 0 bridgehead atoms. The number of hydrogen-bond donors (Lipinski definition) is 2. The zero-order chi connectivity index (χ0) is 17.1. The Balaban J connectivity index is 1.67. The van der Waals surface area contributed by atoms with E-state index in [1.807, 2.05) is 0 Å². The highest BCUT2D eigenvalue weighted by molar-refractivity contribution is 9.10. The lowest BCUT2D eigenvalue weighted by Crippen LogP contribution is -2.56. The van der Waals surface area contributed by atoms with Gasteiger partial charge >= 0.3 is 0 Å². The molecule has 3 aliphatic rings. The first kappa shape index (κ1) is 15.1. The lowest BCUT2D eigenvalue weighted by Gasteiger charge is -2.32. The molecule has 6 nitrogen and oxygen atoms in total. The van der Waals surface area contributed by atoms with E-state index in [-0.39, 0.29) is 17.8 Å². The maximum Gasteiger partial charge on any atom is 0.231 e. The van der Waals surface area contributed by atoms with E-state index in [1.54, 1.807) is 20.2 Å². The average molecular weight is 384 g/mol. The van der Waals surface area contributed by atoms with Crippen LogP contribution in [0.4, 0.5) is 0 Å². The van der Waals surface area contributed by atoms with E-state index in [9.17, 15) is 4.79 Å². The third-order valence-corrected chi connectivity index (χ3v) is 5.36. The standard InChI is InChI=1S/C17H14BrN5O/c1-3-4-10-11(8-20-22-15(10)18)9-5-12-13(6-9)17(12)7-14(24)23(2)16(19)21-17/h5-6,8,12H,7H2,1-2H3,(H2,19,21)/t12?,17-/m1/s1. The highest BCUT2D eigenvalue weighted by atomic mass is 79.9. The topological polar surface area (TPSA) is 82.0 Å². The Morgan fingerprint density at radius 3 is 2.96 bits per heavy atom. The Morgan fingerprint density at radius 1 is 1.54 bits per heavy atom. The second-order valence-electron chi connectivity index (χ2n) is 6.07. The van der Waals surface area contributed by atoms with E-state index >= 15 is 0 Å². The number of fused-ring (bicyclic) bond motifs is 3. The van der Waals surface area contributed by atoms with Crippen LogP contribution in [-0.4, -0.2) is 39.6 Å². The van der Waals surface area contributed by atoms with Crippen molar-refractivity contribution in [2.75, 3.05) is 7.05 Å². The number of halogens is 1. The number of amides is 1. The van der Waals surface area contributed by atoms with Gasteiger partial charge < -0.3 is 5.32 Å². The minimum atomic E-state index is -0.404. The van der Waals surface area contributed by atoms with Crippen molar-refractivity contribution in [3.63, 3.8) is 0 Å². The number of carbonyl (C=O) groups excluding carboxylic acids is 1. The van der Waals surface area contributed by atoms with E-state index in [2.05, 4.69) is 55.4 Å².